The summed E-state index contributed by atoms with van der Waals surface area (Å²) in [7, 11) is 0. The van der Waals surface area contributed by atoms with Crippen molar-refractivity contribution in [2.24, 2.45) is 11.7 Å². The Balaban J connectivity index is 2.05. The number of rotatable bonds is 4. The van der Waals surface area contributed by atoms with Crippen LogP contribution in [0.5, 0.6) is 0 Å². The molecule has 0 bridgehead atoms. The molecule has 1 aliphatic heterocycles. The van der Waals surface area contributed by atoms with Crippen molar-refractivity contribution in [3.63, 3.8) is 0 Å². The van der Waals surface area contributed by atoms with E-state index in [9.17, 15) is 0 Å². The lowest BCUT2D eigenvalue weighted by molar-refractivity contribution is 0.0770. The number of piperidine rings is 1. The van der Waals surface area contributed by atoms with E-state index in [1.807, 2.05) is 0 Å². The first-order chi connectivity index (χ1) is 9.52. The third-order valence-electron chi connectivity index (χ3n) is 5.01. The third kappa shape index (κ3) is 3.42. The molecule has 0 aliphatic carbocycles. The van der Waals surface area contributed by atoms with E-state index in [-0.39, 0.29) is 6.04 Å². The van der Waals surface area contributed by atoms with Crippen molar-refractivity contribution in [1.29, 1.82) is 0 Å². The monoisotopic (exact) mass is 274 g/mol. The van der Waals surface area contributed by atoms with E-state index < -0.39 is 0 Å². The fourth-order valence-electron chi connectivity index (χ4n) is 3.49. The van der Waals surface area contributed by atoms with Crippen molar-refractivity contribution >= 4 is 0 Å². The van der Waals surface area contributed by atoms with Crippen molar-refractivity contribution in [1.82, 2.24) is 4.90 Å². The van der Waals surface area contributed by atoms with Crippen LogP contribution in [0.15, 0.2) is 24.3 Å². The Morgan fingerprint density at radius 3 is 2.45 bits per heavy atom. The Hall–Kier alpha value is -0.860. The molecular formula is C18H30N2. The Morgan fingerprint density at radius 1 is 1.25 bits per heavy atom. The highest BCUT2D eigenvalue weighted by Crippen LogP contribution is 2.28. The minimum atomic E-state index is 0.108. The summed E-state index contributed by atoms with van der Waals surface area (Å²) in [6.07, 6.45) is 3.69. The SMILES string of the molecule is CCc1ccc(C(N)C(C)N2CCC(C)CC2C)cc1. The summed E-state index contributed by atoms with van der Waals surface area (Å²) in [5.74, 6) is 0.855. The zero-order valence-electron chi connectivity index (χ0n) is 13.5. The van der Waals surface area contributed by atoms with E-state index in [2.05, 4.69) is 56.9 Å². The molecular weight excluding hydrogens is 244 g/mol. The van der Waals surface area contributed by atoms with E-state index in [1.165, 1.54) is 30.5 Å². The molecule has 0 aromatic heterocycles. The molecule has 2 nitrogen and oxygen atoms in total. The van der Waals surface area contributed by atoms with Gasteiger partial charge in [0.1, 0.15) is 0 Å². The highest BCUT2D eigenvalue weighted by molar-refractivity contribution is 5.25. The number of hydrogen-bond acceptors (Lipinski definition) is 2. The van der Waals surface area contributed by atoms with Gasteiger partial charge in [-0.1, -0.05) is 38.1 Å². The summed E-state index contributed by atoms with van der Waals surface area (Å²) in [5.41, 5.74) is 9.16. The smallest absolute Gasteiger partial charge is 0.0450 e. The molecule has 0 amide bonds. The second kappa shape index (κ2) is 6.73. The first-order valence-corrected chi connectivity index (χ1v) is 8.13. The predicted molar refractivity (Wildman–Crippen MR) is 86.8 cm³/mol. The molecule has 1 fully saturated rings. The Kier molecular flexibility index (Phi) is 5.22. The second-order valence-corrected chi connectivity index (χ2v) is 6.58. The maximum Gasteiger partial charge on any atom is 0.0450 e. The maximum absolute atomic E-state index is 6.52. The quantitative estimate of drug-likeness (QED) is 0.906. The molecule has 0 saturated carbocycles. The van der Waals surface area contributed by atoms with Crippen LogP contribution < -0.4 is 5.73 Å². The lowest BCUT2D eigenvalue weighted by Gasteiger charge is -2.42. The summed E-state index contributed by atoms with van der Waals surface area (Å²) in [5, 5.41) is 0. The zero-order chi connectivity index (χ0) is 14.7. The Labute approximate surface area is 124 Å². The van der Waals surface area contributed by atoms with Gasteiger partial charge in [-0.05, 0) is 56.7 Å². The van der Waals surface area contributed by atoms with Crippen LogP contribution in [-0.2, 0) is 6.42 Å². The van der Waals surface area contributed by atoms with Gasteiger partial charge in [0.05, 0.1) is 0 Å². The average molecular weight is 274 g/mol. The van der Waals surface area contributed by atoms with Crippen LogP contribution in [0.1, 0.15) is 57.7 Å². The second-order valence-electron chi connectivity index (χ2n) is 6.58. The molecule has 1 aromatic carbocycles. The van der Waals surface area contributed by atoms with Crippen LogP contribution in [0.4, 0.5) is 0 Å². The molecule has 2 N–H and O–H groups in total. The number of aryl methyl sites for hydroxylation is 1. The van der Waals surface area contributed by atoms with Gasteiger partial charge in [-0.25, -0.2) is 0 Å². The van der Waals surface area contributed by atoms with Gasteiger partial charge >= 0.3 is 0 Å². The summed E-state index contributed by atoms with van der Waals surface area (Å²) < 4.78 is 0. The van der Waals surface area contributed by atoms with E-state index in [0.29, 0.717) is 12.1 Å². The van der Waals surface area contributed by atoms with Gasteiger partial charge in [0, 0.05) is 18.1 Å². The number of hydrogen-bond donors (Lipinski definition) is 1. The molecule has 1 saturated heterocycles. The molecule has 0 radical (unpaired) electrons. The molecule has 1 aliphatic rings. The normalized spacial score (nSPS) is 27.2. The molecule has 112 valence electrons. The average Bonchev–Trinajstić information content (AvgIpc) is 2.46. The van der Waals surface area contributed by atoms with E-state index in [4.69, 9.17) is 5.73 Å². The first-order valence-electron chi connectivity index (χ1n) is 8.13. The van der Waals surface area contributed by atoms with Crippen LogP contribution >= 0.6 is 0 Å². The minimum Gasteiger partial charge on any atom is -0.323 e. The Bertz CT molecular complexity index is 412. The first kappa shape index (κ1) is 15.5. The zero-order valence-corrected chi connectivity index (χ0v) is 13.5. The number of nitrogens with two attached hydrogens (primary N) is 1. The van der Waals surface area contributed by atoms with Gasteiger partial charge in [0.25, 0.3) is 0 Å². The van der Waals surface area contributed by atoms with E-state index >= 15 is 0 Å². The van der Waals surface area contributed by atoms with Crippen molar-refractivity contribution in [2.45, 2.75) is 65.1 Å². The highest BCUT2D eigenvalue weighted by Gasteiger charge is 2.29. The third-order valence-corrected chi connectivity index (χ3v) is 5.01. The van der Waals surface area contributed by atoms with E-state index in [0.717, 1.165) is 12.3 Å². The lowest BCUT2D eigenvalue weighted by atomic mass is 9.90. The van der Waals surface area contributed by atoms with Gasteiger partial charge in [0.2, 0.25) is 0 Å². The molecule has 4 unspecified atom stereocenters. The van der Waals surface area contributed by atoms with Crippen LogP contribution in [-0.4, -0.2) is 23.5 Å². The van der Waals surface area contributed by atoms with Gasteiger partial charge in [-0.2, -0.15) is 0 Å². The number of benzene rings is 1. The summed E-state index contributed by atoms with van der Waals surface area (Å²) in [4.78, 5) is 2.60. The van der Waals surface area contributed by atoms with Crippen molar-refractivity contribution < 1.29 is 0 Å². The van der Waals surface area contributed by atoms with Crippen molar-refractivity contribution in [2.75, 3.05) is 6.54 Å². The molecule has 2 rings (SSSR count). The minimum absolute atomic E-state index is 0.108. The summed E-state index contributed by atoms with van der Waals surface area (Å²) in [6, 6.07) is 10.00. The van der Waals surface area contributed by atoms with Gasteiger partial charge in [-0.15, -0.1) is 0 Å². The van der Waals surface area contributed by atoms with Gasteiger partial charge in [-0.3, -0.25) is 4.90 Å². The van der Waals surface area contributed by atoms with Crippen molar-refractivity contribution in [3.05, 3.63) is 35.4 Å². The molecule has 1 aromatic rings. The maximum atomic E-state index is 6.52. The predicted octanol–water partition coefficient (Wildman–Crippen LogP) is 3.76. The topological polar surface area (TPSA) is 29.3 Å². The van der Waals surface area contributed by atoms with Gasteiger partial charge < -0.3 is 5.73 Å². The van der Waals surface area contributed by atoms with Gasteiger partial charge in [0.15, 0.2) is 0 Å². The molecule has 20 heavy (non-hydrogen) atoms. The number of nitrogens with zero attached hydrogens (tertiary/aromatic N) is 1. The van der Waals surface area contributed by atoms with Crippen LogP contribution in [0.3, 0.4) is 0 Å². The molecule has 2 heteroatoms. The van der Waals surface area contributed by atoms with Crippen molar-refractivity contribution in [3.8, 4) is 0 Å². The summed E-state index contributed by atoms with van der Waals surface area (Å²) >= 11 is 0. The fourth-order valence-corrected chi connectivity index (χ4v) is 3.49. The molecule has 4 atom stereocenters. The Morgan fingerprint density at radius 2 is 1.90 bits per heavy atom. The standard InChI is InChI=1S/C18H30N2/c1-5-16-6-8-17(9-7-16)18(19)15(4)20-11-10-13(2)12-14(20)3/h6-9,13-15,18H,5,10-12,19H2,1-4H3. The summed E-state index contributed by atoms with van der Waals surface area (Å²) in [6.45, 7) is 10.4. The number of likely N-dealkylation sites (tertiary alicyclic amines) is 1. The van der Waals surface area contributed by atoms with Crippen LogP contribution in [0.2, 0.25) is 0 Å². The fraction of sp³-hybridized carbons (Fsp3) is 0.667. The highest BCUT2D eigenvalue weighted by atomic mass is 15.2. The largest absolute Gasteiger partial charge is 0.323 e. The van der Waals surface area contributed by atoms with Crippen LogP contribution in [0.25, 0.3) is 0 Å². The van der Waals surface area contributed by atoms with E-state index in [1.54, 1.807) is 0 Å². The van der Waals surface area contributed by atoms with Crippen LogP contribution in [0, 0.1) is 5.92 Å². The molecule has 1 heterocycles. The molecule has 0 spiro atoms. The lowest BCUT2D eigenvalue weighted by Crippen LogP contribution is -2.49.